The molecular weight excluding hydrogens is 198 g/mol. The van der Waals surface area contributed by atoms with Crippen molar-refractivity contribution in [1.82, 2.24) is 15.1 Å². The number of likely N-dealkylation sites (tertiary alicyclic amines) is 1. The van der Waals surface area contributed by atoms with Crippen molar-refractivity contribution in [2.45, 2.75) is 45.7 Å². The molecule has 1 aliphatic rings. The average molecular weight is 227 g/mol. The van der Waals surface area contributed by atoms with Crippen molar-refractivity contribution in [3.63, 3.8) is 0 Å². The molecule has 1 N–H and O–H groups in total. The second-order valence-corrected chi connectivity index (χ2v) is 4.82. The molecule has 3 heteroatoms. The van der Waals surface area contributed by atoms with Crippen LogP contribution >= 0.6 is 0 Å². The van der Waals surface area contributed by atoms with Gasteiger partial charge in [0, 0.05) is 25.2 Å². The molecule has 16 heavy (non-hydrogen) atoms. The van der Waals surface area contributed by atoms with Crippen LogP contribution in [0, 0.1) is 0 Å². The number of likely N-dealkylation sites (N-methyl/N-ethyl adjacent to an activating group) is 2. The van der Waals surface area contributed by atoms with Gasteiger partial charge in [0.25, 0.3) is 0 Å². The minimum absolute atomic E-state index is 0.662. The Hall–Kier alpha value is -0.120. The molecule has 0 amide bonds. The predicted molar refractivity (Wildman–Crippen MR) is 70.9 cm³/mol. The van der Waals surface area contributed by atoms with E-state index in [0.29, 0.717) is 6.04 Å². The fourth-order valence-corrected chi connectivity index (χ4v) is 2.75. The molecule has 1 saturated heterocycles. The summed E-state index contributed by atoms with van der Waals surface area (Å²) in [5.74, 6) is 0. The lowest BCUT2D eigenvalue weighted by atomic mass is 10.2. The van der Waals surface area contributed by atoms with Crippen molar-refractivity contribution >= 4 is 0 Å². The van der Waals surface area contributed by atoms with E-state index in [1.807, 2.05) is 0 Å². The highest BCUT2D eigenvalue weighted by atomic mass is 15.3. The lowest BCUT2D eigenvalue weighted by Gasteiger charge is -2.27. The van der Waals surface area contributed by atoms with Gasteiger partial charge in [0.2, 0.25) is 0 Å². The van der Waals surface area contributed by atoms with Gasteiger partial charge in [-0.1, -0.05) is 20.8 Å². The Morgan fingerprint density at radius 2 is 2.00 bits per heavy atom. The molecule has 0 saturated carbocycles. The maximum absolute atomic E-state index is 3.40. The van der Waals surface area contributed by atoms with Gasteiger partial charge in [-0.3, -0.25) is 4.90 Å². The highest BCUT2D eigenvalue weighted by Crippen LogP contribution is 2.15. The summed E-state index contributed by atoms with van der Waals surface area (Å²) < 4.78 is 0. The highest BCUT2D eigenvalue weighted by molar-refractivity contribution is 4.84. The van der Waals surface area contributed by atoms with E-state index in [2.05, 4.69) is 42.9 Å². The molecule has 0 bridgehead atoms. The molecule has 96 valence electrons. The quantitative estimate of drug-likeness (QED) is 0.709. The van der Waals surface area contributed by atoms with E-state index in [1.54, 1.807) is 0 Å². The summed E-state index contributed by atoms with van der Waals surface area (Å²) in [4.78, 5) is 5.22. The summed E-state index contributed by atoms with van der Waals surface area (Å²) in [6, 6.07) is 1.46. The Labute approximate surface area is 101 Å². The van der Waals surface area contributed by atoms with E-state index < -0.39 is 0 Å². The van der Waals surface area contributed by atoms with Crippen LogP contribution in [-0.4, -0.2) is 61.7 Å². The maximum atomic E-state index is 3.40. The molecular formula is C13H29N3. The van der Waals surface area contributed by atoms with Crippen LogP contribution in [0.3, 0.4) is 0 Å². The Bertz CT molecular complexity index is 176. The molecule has 0 aromatic heterocycles. The van der Waals surface area contributed by atoms with Gasteiger partial charge in [0.05, 0.1) is 0 Å². The van der Waals surface area contributed by atoms with E-state index in [4.69, 9.17) is 0 Å². The van der Waals surface area contributed by atoms with Crippen LogP contribution in [0.2, 0.25) is 0 Å². The molecule has 2 atom stereocenters. The average Bonchev–Trinajstić information content (AvgIpc) is 2.76. The number of rotatable bonds is 7. The first-order valence-electron chi connectivity index (χ1n) is 6.88. The Balaban J connectivity index is 2.34. The summed E-state index contributed by atoms with van der Waals surface area (Å²) in [5, 5.41) is 3.40. The molecule has 0 aromatic carbocycles. The third-order valence-electron chi connectivity index (χ3n) is 3.96. The van der Waals surface area contributed by atoms with Crippen LogP contribution in [0.5, 0.6) is 0 Å². The largest absolute Gasteiger partial charge is 0.316 e. The maximum Gasteiger partial charge on any atom is 0.0235 e. The second-order valence-electron chi connectivity index (χ2n) is 4.82. The van der Waals surface area contributed by atoms with Crippen molar-refractivity contribution in [2.75, 3.05) is 39.8 Å². The standard InChI is InChI=1S/C13H29N3/c1-5-12(14-4)10-15-9-8-13(11-15)16(6-2)7-3/h12-14H,5-11H2,1-4H3. The lowest BCUT2D eigenvalue weighted by Crippen LogP contribution is -2.41. The van der Waals surface area contributed by atoms with Crippen LogP contribution < -0.4 is 5.32 Å². The number of hydrogen-bond donors (Lipinski definition) is 1. The summed E-state index contributed by atoms with van der Waals surface area (Å²) in [6.45, 7) is 12.9. The van der Waals surface area contributed by atoms with Crippen LogP contribution in [0.4, 0.5) is 0 Å². The Kier molecular flexibility index (Phi) is 6.32. The highest BCUT2D eigenvalue weighted by Gasteiger charge is 2.26. The molecule has 0 aliphatic carbocycles. The van der Waals surface area contributed by atoms with E-state index in [0.717, 1.165) is 6.04 Å². The fraction of sp³-hybridized carbons (Fsp3) is 1.00. The van der Waals surface area contributed by atoms with Crippen LogP contribution in [0.15, 0.2) is 0 Å². The summed E-state index contributed by atoms with van der Waals surface area (Å²) in [7, 11) is 2.08. The van der Waals surface area contributed by atoms with Gasteiger partial charge in [-0.25, -0.2) is 0 Å². The molecule has 0 radical (unpaired) electrons. The minimum atomic E-state index is 0.662. The van der Waals surface area contributed by atoms with Crippen molar-refractivity contribution in [3.8, 4) is 0 Å². The number of nitrogens with one attached hydrogen (secondary N) is 1. The number of nitrogens with zero attached hydrogens (tertiary/aromatic N) is 2. The molecule has 1 rings (SSSR count). The molecule has 0 spiro atoms. The van der Waals surface area contributed by atoms with Gasteiger partial charge >= 0.3 is 0 Å². The van der Waals surface area contributed by atoms with E-state index >= 15 is 0 Å². The third kappa shape index (κ3) is 3.72. The van der Waals surface area contributed by atoms with Gasteiger partial charge < -0.3 is 10.2 Å². The lowest BCUT2D eigenvalue weighted by molar-refractivity contribution is 0.205. The van der Waals surface area contributed by atoms with Crippen molar-refractivity contribution in [1.29, 1.82) is 0 Å². The molecule has 3 nitrogen and oxygen atoms in total. The first-order valence-corrected chi connectivity index (χ1v) is 6.88. The van der Waals surface area contributed by atoms with Gasteiger partial charge in [-0.15, -0.1) is 0 Å². The van der Waals surface area contributed by atoms with Crippen molar-refractivity contribution < 1.29 is 0 Å². The second kappa shape index (κ2) is 7.25. The van der Waals surface area contributed by atoms with Crippen molar-refractivity contribution in [3.05, 3.63) is 0 Å². The van der Waals surface area contributed by atoms with E-state index in [-0.39, 0.29) is 0 Å². The van der Waals surface area contributed by atoms with Crippen LogP contribution in [-0.2, 0) is 0 Å². The Morgan fingerprint density at radius 1 is 1.31 bits per heavy atom. The predicted octanol–water partition coefficient (Wildman–Crippen LogP) is 1.40. The topological polar surface area (TPSA) is 18.5 Å². The minimum Gasteiger partial charge on any atom is -0.316 e. The molecule has 2 unspecified atom stereocenters. The van der Waals surface area contributed by atoms with E-state index in [1.165, 1.54) is 45.6 Å². The monoisotopic (exact) mass is 227 g/mol. The van der Waals surface area contributed by atoms with Gasteiger partial charge in [0.1, 0.15) is 0 Å². The van der Waals surface area contributed by atoms with Gasteiger partial charge in [-0.2, -0.15) is 0 Å². The van der Waals surface area contributed by atoms with Crippen LogP contribution in [0.25, 0.3) is 0 Å². The normalized spacial score (nSPS) is 24.2. The zero-order valence-corrected chi connectivity index (χ0v) is 11.5. The third-order valence-corrected chi connectivity index (χ3v) is 3.96. The zero-order chi connectivity index (χ0) is 12.0. The van der Waals surface area contributed by atoms with Gasteiger partial charge in [0.15, 0.2) is 0 Å². The Morgan fingerprint density at radius 3 is 2.50 bits per heavy atom. The zero-order valence-electron chi connectivity index (χ0n) is 11.5. The van der Waals surface area contributed by atoms with Crippen LogP contribution in [0.1, 0.15) is 33.6 Å². The molecule has 1 aliphatic heterocycles. The first kappa shape index (κ1) is 13.9. The molecule has 1 heterocycles. The van der Waals surface area contributed by atoms with Crippen molar-refractivity contribution in [2.24, 2.45) is 0 Å². The molecule has 0 aromatic rings. The smallest absolute Gasteiger partial charge is 0.0235 e. The first-order chi connectivity index (χ1) is 7.74. The number of hydrogen-bond acceptors (Lipinski definition) is 3. The fourth-order valence-electron chi connectivity index (χ4n) is 2.75. The summed E-state index contributed by atoms with van der Waals surface area (Å²) in [6.07, 6.45) is 2.57. The summed E-state index contributed by atoms with van der Waals surface area (Å²) in [5.41, 5.74) is 0. The van der Waals surface area contributed by atoms with E-state index in [9.17, 15) is 0 Å². The van der Waals surface area contributed by atoms with Gasteiger partial charge in [-0.05, 0) is 39.5 Å². The SMILES string of the molecule is CCC(CN1CCC(N(CC)CC)C1)NC. The summed E-state index contributed by atoms with van der Waals surface area (Å²) >= 11 is 0. The molecule has 1 fully saturated rings.